The summed E-state index contributed by atoms with van der Waals surface area (Å²) in [7, 11) is 0. The van der Waals surface area contributed by atoms with Gasteiger partial charge in [0.2, 0.25) is 5.91 Å². The molecule has 2 amide bonds. The third-order valence-corrected chi connectivity index (χ3v) is 5.32. The molecule has 162 valence electrons. The molecular weight excluding hydrogens is 406 g/mol. The molecule has 2 aromatic heterocycles. The smallest absolute Gasteiger partial charge is 0.254 e. The van der Waals surface area contributed by atoms with Crippen LogP contribution in [0.15, 0.2) is 61.3 Å². The van der Waals surface area contributed by atoms with Gasteiger partial charge in [-0.1, -0.05) is 6.07 Å². The van der Waals surface area contributed by atoms with Crippen molar-refractivity contribution in [3.63, 3.8) is 0 Å². The molecular formula is C23H23N7O2. The van der Waals surface area contributed by atoms with Gasteiger partial charge in [-0.2, -0.15) is 5.26 Å². The molecule has 0 atom stereocenters. The Hall–Kier alpha value is -4.19. The van der Waals surface area contributed by atoms with Crippen molar-refractivity contribution in [2.24, 2.45) is 0 Å². The van der Waals surface area contributed by atoms with Gasteiger partial charge in [0.15, 0.2) is 0 Å². The summed E-state index contributed by atoms with van der Waals surface area (Å²) in [5.74, 6) is 0.448. The zero-order chi connectivity index (χ0) is 22.3. The minimum Gasteiger partial charge on any atom is -0.352 e. The predicted molar refractivity (Wildman–Crippen MR) is 119 cm³/mol. The molecule has 3 heterocycles. The van der Waals surface area contributed by atoms with E-state index in [9.17, 15) is 14.9 Å². The maximum atomic E-state index is 13.0. The van der Waals surface area contributed by atoms with Gasteiger partial charge in [0.25, 0.3) is 5.91 Å². The number of piperazine rings is 1. The molecule has 0 radical (unpaired) electrons. The summed E-state index contributed by atoms with van der Waals surface area (Å²) in [5.41, 5.74) is 1.66. The van der Waals surface area contributed by atoms with E-state index < -0.39 is 0 Å². The molecule has 4 rings (SSSR count). The number of carbonyl (C=O) groups is 2. The molecule has 32 heavy (non-hydrogen) atoms. The van der Waals surface area contributed by atoms with Crippen LogP contribution in [0.2, 0.25) is 0 Å². The van der Waals surface area contributed by atoms with Gasteiger partial charge in [0.05, 0.1) is 11.9 Å². The number of rotatable bonds is 6. The number of aromatic nitrogens is 3. The second-order valence-corrected chi connectivity index (χ2v) is 7.45. The van der Waals surface area contributed by atoms with E-state index in [4.69, 9.17) is 0 Å². The van der Waals surface area contributed by atoms with Crippen LogP contribution in [0.5, 0.6) is 0 Å². The third kappa shape index (κ3) is 4.92. The Morgan fingerprint density at radius 3 is 2.69 bits per heavy atom. The largest absolute Gasteiger partial charge is 0.352 e. The van der Waals surface area contributed by atoms with Crippen LogP contribution in [0, 0.1) is 11.3 Å². The summed E-state index contributed by atoms with van der Waals surface area (Å²) in [6.07, 6.45) is 7.13. The molecule has 1 aliphatic heterocycles. The Morgan fingerprint density at radius 1 is 1.09 bits per heavy atom. The number of hydrogen-bond donors (Lipinski definition) is 1. The molecule has 9 heteroatoms. The maximum Gasteiger partial charge on any atom is 0.254 e. The van der Waals surface area contributed by atoms with Gasteiger partial charge >= 0.3 is 0 Å². The summed E-state index contributed by atoms with van der Waals surface area (Å²) in [5, 5.41) is 12.1. The number of nitrogens with zero attached hydrogens (tertiary/aromatic N) is 6. The quantitative estimate of drug-likeness (QED) is 0.643. The summed E-state index contributed by atoms with van der Waals surface area (Å²) in [6.45, 7) is 2.80. The van der Waals surface area contributed by atoms with Crippen molar-refractivity contribution in [3.05, 3.63) is 72.4 Å². The zero-order valence-electron chi connectivity index (χ0n) is 17.5. The van der Waals surface area contributed by atoms with Gasteiger partial charge in [-0.15, -0.1) is 0 Å². The highest BCUT2D eigenvalue weighted by Crippen LogP contribution is 2.20. The van der Waals surface area contributed by atoms with E-state index in [1.165, 1.54) is 0 Å². The van der Waals surface area contributed by atoms with E-state index in [2.05, 4.69) is 21.4 Å². The fourth-order valence-corrected chi connectivity index (χ4v) is 3.64. The Kier molecular flexibility index (Phi) is 6.41. The van der Waals surface area contributed by atoms with Crippen molar-refractivity contribution in [2.75, 3.05) is 36.4 Å². The normalized spacial score (nSPS) is 13.5. The standard InChI is InChI=1S/C23H23N7O2/c24-16-19-4-2-7-26-22(19)29-11-13-30(14-12-29)23(32)18-3-1-5-20(15-18)27-21(31)6-9-28-10-8-25-17-28/h1-5,7-8,10,15,17H,6,9,11-14H2,(H,27,31). The number of benzene rings is 1. The fourth-order valence-electron chi connectivity index (χ4n) is 3.64. The number of aryl methyl sites for hydroxylation is 1. The van der Waals surface area contributed by atoms with Crippen LogP contribution in [0.3, 0.4) is 0 Å². The summed E-state index contributed by atoms with van der Waals surface area (Å²) in [4.78, 5) is 37.3. The van der Waals surface area contributed by atoms with Crippen LogP contribution < -0.4 is 10.2 Å². The van der Waals surface area contributed by atoms with Gasteiger partial charge in [0, 0.05) is 69.0 Å². The second-order valence-electron chi connectivity index (χ2n) is 7.45. The average molecular weight is 429 g/mol. The van der Waals surface area contributed by atoms with Gasteiger partial charge in [-0.25, -0.2) is 9.97 Å². The van der Waals surface area contributed by atoms with Crippen molar-refractivity contribution in [3.8, 4) is 6.07 Å². The molecule has 0 unspecified atom stereocenters. The first-order chi connectivity index (χ1) is 15.6. The first-order valence-electron chi connectivity index (χ1n) is 10.4. The summed E-state index contributed by atoms with van der Waals surface area (Å²) >= 11 is 0. The molecule has 1 saturated heterocycles. The lowest BCUT2D eigenvalue weighted by Crippen LogP contribution is -2.49. The monoisotopic (exact) mass is 429 g/mol. The predicted octanol–water partition coefficient (Wildman–Crippen LogP) is 2.14. The highest BCUT2D eigenvalue weighted by molar-refractivity contribution is 5.97. The number of nitriles is 1. The number of pyridine rings is 1. The second kappa shape index (κ2) is 9.75. The van der Waals surface area contributed by atoms with Gasteiger partial charge in [0.1, 0.15) is 11.9 Å². The van der Waals surface area contributed by atoms with Crippen molar-refractivity contribution in [2.45, 2.75) is 13.0 Å². The van der Waals surface area contributed by atoms with Gasteiger partial charge in [-0.3, -0.25) is 9.59 Å². The molecule has 0 bridgehead atoms. The minimum atomic E-state index is -0.124. The number of nitrogens with one attached hydrogen (secondary N) is 1. The lowest BCUT2D eigenvalue weighted by molar-refractivity contribution is -0.116. The summed E-state index contributed by atoms with van der Waals surface area (Å²) in [6, 6.07) is 12.6. The number of amides is 2. The molecule has 0 saturated carbocycles. The fraction of sp³-hybridized carbons (Fsp3) is 0.261. The lowest BCUT2D eigenvalue weighted by atomic mass is 10.1. The Labute approximate surface area is 185 Å². The number of carbonyl (C=O) groups excluding carboxylic acids is 2. The molecule has 1 N–H and O–H groups in total. The Morgan fingerprint density at radius 2 is 1.94 bits per heavy atom. The molecule has 9 nitrogen and oxygen atoms in total. The van der Waals surface area contributed by atoms with Crippen molar-refractivity contribution in [1.29, 1.82) is 5.26 Å². The number of imidazole rings is 1. The topological polar surface area (TPSA) is 107 Å². The molecule has 1 aromatic carbocycles. The van der Waals surface area contributed by atoms with Gasteiger partial charge in [-0.05, 0) is 30.3 Å². The van der Waals surface area contributed by atoms with Gasteiger partial charge < -0.3 is 19.7 Å². The van der Waals surface area contributed by atoms with Crippen LogP contribution in [0.1, 0.15) is 22.3 Å². The molecule has 3 aromatic rings. The molecule has 0 spiro atoms. The minimum absolute atomic E-state index is 0.0827. The van der Waals surface area contributed by atoms with E-state index in [0.717, 1.165) is 0 Å². The summed E-state index contributed by atoms with van der Waals surface area (Å²) < 4.78 is 1.84. The third-order valence-electron chi connectivity index (χ3n) is 5.32. The van der Waals surface area contributed by atoms with E-state index in [0.29, 0.717) is 61.8 Å². The average Bonchev–Trinajstić information content (AvgIpc) is 3.36. The first-order valence-corrected chi connectivity index (χ1v) is 10.4. The zero-order valence-corrected chi connectivity index (χ0v) is 17.5. The van der Waals surface area contributed by atoms with Crippen LogP contribution in [0.4, 0.5) is 11.5 Å². The highest BCUT2D eigenvalue weighted by atomic mass is 16.2. The number of anilines is 2. The molecule has 1 fully saturated rings. The van der Waals surface area contributed by atoms with Crippen LogP contribution in [-0.4, -0.2) is 57.4 Å². The SMILES string of the molecule is N#Cc1cccnc1N1CCN(C(=O)c2cccc(NC(=O)CCn3ccnc3)c2)CC1. The van der Waals surface area contributed by atoms with Crippen LogP contribution in [-0.2, 0) is 11.3 Å². The lowest BCUT2D eigenvalue weighted by Gasteiger charge is -2.35. The van der Waals surface area contributed by atoms with E-state index >= 15 is 0 Å². The van der Waals surface area contributed by atoms with E-state index in [-0.39, 0.29) is 11.8 Å². The van der Waals surface area contributed by atoms with Crippen molar-refractivity contribution >= 4 is 23.3 Å². The number of hydrogen-bond acceptors (Lipinski definition) is 6. The van der Waals surface area contributed by atoms with E-state index in [1.807, 2.05) is 9.47 Å². The van der Waals surface area contributed by atoms with Crippen molar-refractivity contribution in [1.82, 2.24) is 19.4 Å². The molecule has 0 aliphatic carbocycles. The first kappa shape index (κ1) is 21.1. The van der Waals surface area contributed by atoms with Crippen molar-refractivity contribution < 1.29 is 9.59 Å². The highest BCUT2D eigenvalue weighted by Gasteiger charge is 2.24. The van der Waals surface area contributed by atoms with E-state index in [1.54, 1.807) is 66.2 Å². The Bertz CT molecular complexity index is 1130. The van der Waals surface area contributed by atoms with Crippen LogP contribution in [0.25, 0.3) is 0 Å². The molecule has 1 aliphatic rings. The van der Waals surface area contributed by atoms with Crippen LogP contribution >= 0.6 is 0 Å². The Balaban J connectivity index is 1.34. The maximum absolute atomic E-state index is 13.0.